The third kappa shape index (κ3) is 8.02. The average molecular weight is 245 g/mol. The summed E-state index contributed by atoms with van der Waals surface area (Å²) in [6, 6.07) is 0. The van der Waals surface area contributed by atoms with Gasteiger partial charge in [0.05, 0.1) is 6.61 Å². The number of ether oxygens (including phenoxy) is 2. The Bertz CT molecular complexity index is 189. The zero-order valence-electron chi connectivity index (χ0n) is 11.7. The van der Waals surface area contributed by atoms with Gasteiger partial charge in [0.25, 0.3) is 0 Å². The largest absolute Gasteiger partial charge is 0.508 e. The van der Waals surface area contributed by atoms with Crippen LogP contribution in [0.1, 0.15) is 47.0 Å². The number of rotatable bonds is 9. The second-order valence-corrected chi connectivity index (χ2v) is 4.04. The third-order valence-corrected chi connectivity index (χ3v) is 2.91. The van der Waals surface area contributed by atoms with Gasteiger partial charge < -0.3 is 14.4 Å². The van der Waals surface area contributed by atoms with E-state index in [1.165, 1.54) is 0 Å². The van der Waals surface area contributed by atoms with Crippen LogP contribution in [0.3, 0.4) is 0 Å². The van der Waals surface area contributed by atoms with Crippen molar-refractivity contribution >= 4 is 6.16 Å². The molecule has 4 nitrogen and oxygen atoms in total. The zero-order valence-corrected chi connectivity index (χ0v) is 11.7. The van der Waals surface area contributed by atoms with Gasteiger partial charge in [0, 0.05) is 6.54 Å². The molecule has 17 heavy (non-hydrogen) atoms. The molecule has 0 aliphatic carbocycles. The van der Waals surface area contributed by atoms with Crippen LogP contribution in [-0.2, 0) is 9.47 Å². The molecule has 0 N–H and O–H groups in total. The Morgan fingerprint density at radius 3 is 2.18 bits per heavy atom. The average Bonchev–Trinajstić information content (AvgIpc) is 2.36. The quantitative estimate of drug-likeness (QED) is 0.462. The minimum absolute atomic E-state index is 0.00900. The first-order valence-electron chi connectivity index (χ1n) is 6.73. The standard InChI is InChI=1S/C13H27NO3/c1-5-12(6-2)17-13(15)16-11-9-10-14(7-3)8-4/h12H,5-11H2,1-4H3. The Kier molecular flexibility index (Phi) is 9.92. The van der Waals surface area contributed by atoms with E-state index in [0.717, 1.165) is 38.9 Å². The molecule has 0 aromatic rings. The van der Waals surface area contributed by atoms with Gasteiger partial charge >= 0.3 is 6.16 Å². The molecule has 0 heterocycles. The van der Waals surface area contributed by atoms with E-state index in [1.54, 1.807) is 0 Å². The summed E-state index contributed by atoms with van der Waals surface area (Å²) >= 11 is 0. The molecule has 0 radical (unpaired) electrons. The number of hydrogen-bond donors (Lipinski definition) is 0. The van der Waals surface area contributed by atoms with E-state index in [4.69, 9.17) is 9.47 Å². The molecule has 0 aromatic heterocycles. The van der Waals surface area contributed by atoms with Gasteiger partial charge in [-0.15, -0.1) is 0 Å². The van der Waals surface area contributed by atoms with Crippen molar-refractivity contribution in [1.29, 1.82) is 0 Å². The lowest BCUT2D eigenvalue weighted by molar-refractivity contribution is 0.0193. The second-order valence-electron chi connectivity index (χ2n) is 4.04. The molecule has 0 spiro atoms. The molecule has 0 bridgehead atoms. The van der Waals surface area contributed by atoms with Crippen molar-refractivity contribution in [3.8, 4) is 0 Å². The summed E-state index contributed by atoms with van der Waals surface area (Å²) in [7, 11) is 0. The summed E-state index contributed by atoms with van der Waals surface area (Å²) in [5, 5.41) is 0. The first-order chi connectivity index (χ1) is 8.17. The first kappa shape index (κ1) is 16.2. The Morgan fingerprint density at radius 1 is 1.12 bits per heavy atom. The Hall–Kier alpha value is -0.770. The smallest absolute Gasteiger partial charge is 0.434 e. The highest BCUT2D eigenvalue weighted by atomic mass is 16.7. The molecular formula is C13H27NO3. The fourth-order valence-electron chi connectivity index (χ4n) is 1.61. The summed E-state index contributed by atoms with van der Waals surface area (Å²) in [6.45, 7) is 11.7. The van der Waals surface area contributed by atoms with Crippen molar-refractivity contribution < 1.29 is 14.3 Å². The monoisotopic (exact) mass is 245 g/mol. The van der Waals surface area contributed by atoms with Crippen LogP contribution in [-0.4, -0.2) is 43.4 Å². The predicted octanol–water partition coefficient (Wildman–Crippen LogP) is 3.06. The summed E-state index contributed by atoms with van der Waals surface area (Å²) in [6.07, 6.45) is 2.00. The maximum absolute atomic E-state index is 11.3. The van der Waals surface area contributed by atoms with Crippen LogP contribution in [0.5, 0.6) is 0 Å². The second kappa shape index (κ2) is 10.4. The Balaban J connectivity index is 3.57. The highest BCUT2D eigenvalue weighted by Crippen LogP contribution is 2.04. The molecule has 0 aliphatic heterocycles. The van der Waals surface area contributed by atoms with Gasteiger partial charge in [0.1, 0.15) is 6.10 Å². The van der Waals surface area contributed by atoms with Crippen molar-refractivity contribution in [2.24, 2.45) is 0 Å². The highest BCUT2D eigenvalue weighted by Gasteiger charge is 2.11. The van der Waals surface area contributed by atoms with Crippen molar-refractivity contribution in [1.82, 2.24) is 4.90 Å². The van der Waals surface area contributed by atoms with Gasteiger partial charge in [-0.2, -0.15) is 0 Å². The van der Waals surface area contributed by atoms with Crippen LogP contribution in [0.15, 0.2) is 0 Å². The van der Waals surface area contributed by atoms with E-state index in [-0.39, 0.29) is 6.10 Å². The molecule has 0 aromatic carbocycles. The molecule has 0 rings (SSSR count). The van der Waals surface area contributed by atoms with Gasteiger partial charge in [0.2, 0.25) is 0 Å². The lowest BCUT2D eigenvalue weighted by atomic mass is 10.2. The SMILES string of the molecule is CCC(CC)OC(=O)OCCCN(CC)CC. The van der Waals surface area contributed by atoms with Gasteiger partial charge in [-0.3, -0.25) is 0 Å². The predicted molar refractivity (Wildman–Crippen MR) is 69.2 cm³/mol. The fourth-order valence-corrected chi connectivity index (χ4v) is 1.61. The summed E-state index contributed by atoms with van der Waals surface area (Å²) in [5.41, 5.74) is 0. The highest BCUT2D eigenvalue weighted by molar-refractivity contribution is 5.60. The number of nitrogens with zero attached hydrogens (tertiary/aromatic N) is 1. The Labute approximate surface area is 105 Å². The molecule has 0 atom stereocenters. The molecule has 0 fully saturated rings. The minimum Gasteiger partial charge on any atom is -0.434 e. The molecular weight excluding hydrogens is 218 g/mol. The molecule has 102 valence electrons. The van der Waals surface area contributed by atoms with E-state index >= 15 is 0 Å². The first-order valence-corrected chi connectivity index (χ1v) is 6.73. The van der Waals surface area contributed by atoms with Crippen LogP contribution in [0.25, 0.3) is 0 Å². The molecule has 4 heteroatoms. The van der Waals surface area contributed by atoms with E-state index in [9.17, 15) is 4.79 Å². The Morgan fingerprint density at radius 2 is 1.71 bits per heavy atom. The van der Waals surface area contributed by atoms with E-state index < -0.39 is 6.16 Å². The molecule has 0 unspecified atom stereocenters. The van der Waals surface area contributed by atoms with Crippen LogP contribution < -0.4 is 0 Å². The fraction of sp³-hybridized carbons (Fsp3) is 0.923. The van der Waals surface area contributed by atoms with Crippen LogP contribution in [0, 0.1) is 0 Å². The minimum atomic E-state index is -0.529. The normalized spacial score (nSPS) is 10.9. The molecule has 0 amide bonds. The van der Waals surface area contributed by atoms with E-state index in [1.807, 2.05) is 13.8 Å². The maximum atomic E-state index is 11.3. The van der Waals surface area contributed by atoms with Crippen LogP contribution >= 0.6 is 0 Å². The number of hydrogen-bond acceptors (Lipinski definition) is 4. The molecule has 0 saturated heterocycles. The van der Waals surface area contributed by atoms with Gasteiger partial charge in [0.15, 0.2) is 0 Å². The van der Waals surface area contributed by atoms with Crippen molar-refractivity contribution in [2.45, 2.75) is 53.1 Å². The topological polar surface area (TPSA) is 38.8 Å². The number of carbonyl (C=O) groups excluding carboxylic acids is 1. The van der Waals surface area contributed by atoms with Crippen molar-refractivity contribution in [3.63, 3.8) is 0 Å². The number of carbonyl (C=O) groups is 1. The molecule has 0 saturated carbocycles. The lowest BCUT2D eigenvalue weighted by Gasteiger charge is -2.18. The summed E-state index contributed by atoms with van der Waals surface area (Å²) in [5.74, 6) is 0. The zero-order chi connectivity index (χ0) is 13.1. The van der Waals surface area contributed by atoms with Gasteiger partial charge in [-0.05, 0) is 32.4 Å². The lowest BCUT2D eigenvalue weighted by Crippen LogP contribution is -2.25. The van der Waals surface area contributed by atoms with Crippen LogP contribution in [0.2, 0.25) is 0 Å². The van der Waals surface area contributed by atoms with Crippen molar-refractivity contribution in [2.75, 3.05) is 26.2 Å². The van der Waals surface area contributed by atoms with Gasteiger partial charge in [-0.1, -0.05) is 27.7 Å². The summed E-state index contributed by atoms with van der Waals surface area (Å²) in [4.78, 5) is 13.6. The maximum Gasteiger partial charge on any atom is 0.508 e. The van der Waals surface area contributed by atoms with Crippen LogP contribution in [0.4, 0.5) is 4.79 Å². The van der Waals surface area contributed by atoms with Gasteiger partial charge in [-0.25, -0.2) is 4.79 Å². The third-order valence-electron chi connectivity index (χ3n) is 2.91. The summed E-state index contributed by atoms with van der Waals surface area (Å²) < 4.78 is 10.2. The van der Waals surface area contributed by atoms with E-state index in [0.29, 0.717) is 6.61 Å². The molecule has 0 aliphatic rings. The van der Waals surface area contributed by atoms with Crippen molar-refractivity contribution in [3.05, 3.63) is 0 Å². The van der Waals surface area contributed by atoms with E-state index in [2.05, 4.69) is 18.7 Å².